The van der Waals surface area contributed by atoms with Crippen molar-refractivity contribution in [3.05, 3.63) is 137 Å². The number of hydrogen-bond donors (Lipinski definition) is 1. The number of aromatic nitrogens is 2. The molecule has 0 unspecified atom stereocenters. The lowest BCUT2D eigenvalue weighted by Gasteiger charge is -2.06. The number of aromatic amines is 1. The predicted molar refractivity (Wildman–Crippen MR) is 161 cm³/mol. The summed E-state index contributed by atoms with van der Waals surface area (Å²) >= 11 is 3.32. The monoisotopic (exact) mass is 576 g/mol. The molecule has 1 N–H and O–H groups in total. The number of benzene rings is 4. The minimum Gasteiger partial charge on any atom is -0.497 e. The minimum atomic E-state index is 0.667. The molecule has 0 aliphatic rings. The quantitative estimate of drug-likeness (QED) is 0.213. The Labute approximate surface area is 235 Å². The summed E-state index contributed by atoms with van der Waals surface area (Å²) < 4.78 is 13.3. The molecule has 39 heavy (non-hydrogen) atoms. The molecule has 0 atom stereocenters. The molecule has 6 rings (SSSR count). The van der Waals surface area contributed by atoms with Gasteiger partial charge in [-0.25, -0.2) is 9.69 Å². The highest BCUT2D eigenvalue weighted by atomic mass is 79.9. The first-order valence-corrected chi connectivity index (χ1v) is 12.7. The van der Waals surface area contributed by atoms with Crippen molar-refractivity contribution in [2.75, 3.05) is 14.2 Å². The number of fused-ring (bicyclic) bond motifs is 2. The molecule has 6 nitrogen and oxygen atoms in total. The van der Waals surface area contributed by atoms with Gasteiger partial charge in [0, 0.05) is 28.1 Å². The third-order valence-corrected chi connectivity index (χ3v) is 6.40. The van der Waals surface area contributed by atoms with E-state index in [1.54, 1.807) is 14.2 Å². The minimum absolute atomic E-state index is 0.667. The third kappa shape index (κ3) is 6.87. The molecule has 0 aliphatic heterocycles. The van der Waals surface area contributed by atoms with E-state index in [-0.39, 0.29) is 0 Å². The Hall–Kier alpha value is -4.98. The van der Waals surface area contributed by atoms with E-state index in [4.69, 9.17) is 22.6 Å². The van der Waals surface area contributed by atoms with Crippen LogP contribution in [0.15, 0.2) is 114 Å². The highest BCUT2D eigenvalue weighted by Crippen LogP contribution is 2.26. The molecule has 6 aromatic rings. The van der Waals surface area contributed by atoms with Crippen molar-refractivity contribution in [1.29, 1.82) is 0 Å². The standard InChI is InChI=1S/C16H12N2O.C9H6N2.C7H7BrO/c1-17-13-3-8-16-12(11-13)9-10-18(16)14-4-6-15(19-2)7-5-14;1-10-8-2-3-9-7(6-8)4-5-11-9;1-9-7-4-2-6(8)3-5-7/h3-11H,2H3;2-6,11H;2-5H,1H3. The second kappa shape index (κ2) is 13.0. The molecule has 2 heterocycles. The Morgan fingerprint density at radius 3 is 1.90 bits per heavy atom. The van der Waals surface area contributed by atoms with Crippen LogP contribution in [0.2, 0.25) is 0 Å². The fourth-order valence-corrected chi connectivity index (χ4v) is 4.11. The van der Waals surface area contributed by atoms with Gasteiger partial charge in [0.1, 0.15) is 11.5 Å². The smallest absolute Gasteiger partial charge is 0.187 e. The van der Waals surface area contributed by atoms with Gasteiger partial charge in [-0.05, 0) is 95.7 Å². The molecule has 4 aromatic carbocycles. The average molecular weight is 577 g/mol. The Bertz CT molecular complexity index is 1760. The van der Waals surface area contributed by atoms with Crippen molar-refractivity contribution in [3.8, 4) is 17.2 Å². The lowest BCUT2D eigenvalue weighted by Crippen LogP contribution is -1.91. The number of nitrogens with one attached hydrogen (secondary N) is 1. The van der Waals surface area contributed by atoms with Crippen LogP contribution in [0, 0.1) is 13.1 Å². The highest BCUT2D eigenvalue weighted by Gasteiger charge is 2.04. The van der Waals surface area contributed by atoms with Crippen molar-refractivity contribution in [2.24, 2.45) is 0 Å². The summed E-state index contributed by atoms with van der Waals surface area (Å²) in [7, 11) is 3.31. The number of H-pyrrole nitrogens is 1. The normalized spacial score (nSPS) is 9.87. The first-order chi connectivity index (χ1) is 19.0. The number of nitrogens with zero attached hydrogens (tertiary/aromatic N) is 3. The number of ether oxygens (including phenoxy) is 2. The van der Waals surface area contributed by atoms with Crippen molar-refractivity contribution < 1.29 is 9.47 Å². The summed E-state index contributed by atoms with van der Waals surface area (Å²) in [5.41, 5.74) is 4.61. The molecule has 0 saturated heterocycles. The fourth-order valence-electron chi connectivity index (χ4n) is 3.85. The molecule has 0 radical (unpaired) electrons. The van der Waals surface area contributed by atoms with Crippen molar-refractivity contribution in [2.45, 2.75) is 0 Å². The maximum absolute atomic E-state index is 7.04. The summed E-state index contributed by atoms with van der Waals surface area (Å²) in [4.78, 5) is 9.85. The lowest BCUT2D eigenvalue weighted by molar-refractivity contribution is 0.414. The van der Waals surface area contributed by atoms with Crippen LogP contribution in [0.25, 0.3) is 37.2 Å². The molecule has 0 saturated carbocycles. The number of rotatable bonds is 3. The predicted octanol–water partition coefficient (Wildman–Crippen LogP) is 9.37. The summed E-state index contributed by atoms with van der Waals surface area (Å²) in [5, 5.41) is 2.17. The van der Waals surface area contributed by atoms with E-state index in [2.05, 4.69) is 35.2 Å². The molecule has 192 valence electrons. The first-order valence-electron chi connectivity index (χ1n) is 11.9. The topological polar surface area (TPSA) is 47.9 Å². The zero-order chi connectivity index (χ0) is 27.6. The van der Waals surface area contributed by atoms with Gasteiger partial charge in [0.05, 0.1) is 32.9 Å². The molecular formula is C32H25BrN4O2. The fraction of sp³-hybridized carbons (Fsp3) is 0.0625. The zero-order valence-corrected chi connectivity index (χ0v) is 23.0. The molecule has 0 fully saturated rings. The first kappa shape index (κ1) is 27.1. The van der Waals surface area contributed by atoms with E-state index in [9.17, 15) is 0 Å². The van der Waals surface area contributed by atoms with Crippen molar-refractivity contribution in [3.63, 3.8) is 0 Å². The number of hydrogen-bond acceptors (Lipinski definition) is 2. The number of halogens is 1. The Balaban J connectivity index is 0.000000149. The maximum Gasteiger partial charge on any atom is 0.187 e. The second-order valence-electron chi connectivity index (χ2n) is 8.26. The molecule has 7 heteroatoms. The Morgan fingerprint density at radius 2 is 1.28 bits per heavy atom. The Kier molecular flexibility index (Phi) is 9.03. The summed E-state index contributed by atoms with van der Waals surface area (Å²) in [6.07, 6.45) is 3.89. The van der Waals surface area contributed by atoms with Crippen LogP contribution in [-0.2, 0) is 0 Å². The van der Waals surface area contributed by atoms with Gasteiger partial charge in [-0.2, -0.15) is 0 Å². The van der Waals surface area contributed by atoms with Crippen LogP contribution >= 0.6 is 15.9 Å². The molecule has 0 spiro atoms. The highest BCUT2D eigenvalue weighted by molar-refractivity contribution is 9.10. The van der Waals surface area contributed by atoms with E-state index < -0.39 is 0 Å². The van der Waals surface area contributed by atoms with Gasteiger partial charge in [0.25, 0.3) is 0 Å². The van der Waals surface area contributed by atoms with Crippen LogP contribution in [0.4, 0.5) is 11.4 Å². The molecular weight excluding hydrogens is 552 g/mol. The zero-order valence-electron chi connectivity index (χ0n) is 21.4. The molecule has 0 aliphatic carbocycles. The van der Waals surface area contributed by atoms with Gasteiger partial charge in [0.2, 0.25) is 0 Å². The summed E-state index contributed by atoms with van der Waals surface area (Å²) in [6, 6.07) is 30.9. The van der Waals surface area contributed by atoms with E-state index in [1.165, 1.54) is 0 Å². The van der Waals surface area contributed by atoms with E-state index >= 15 is 0 Å². The van der Waals surface area contributed by atoms with Gasteiger partial charge in [-0.15, -0.1) is 0 Å². The van der Waals surface area contributed by atoms with E-state index in [0.717, 1.165) is 43.5 Å². The lowest BCUT2D eigenvalue weighted by atomic mass is 10.2. The van der Waals surface area contributed by atoms with Crippen LogP contribution in [0.5, 0.6) is 11.5 Å². The summed E-state index contributed by atoms with van der Waals surface area (Å²) in [6.45, 7) is 13.8. The number of methoxy groups -OCH3 is 2. The van der Waals surface area contributed by atoms with Crippen LogP contribution in [0.1, 0.15) is 0 Å². The SMILES string of the molecule is COc1ccc(Br)cc1.[C-]#[N+]c1ccc2[nH]ccc2c1.[C-]#[N+]c1ccc2c(ccn2-c2ccc(OC)cc2)c1. The van der Waals surface area contributed by atoms with Gasteiger partial charge in [-0.3, -0.25) is 0 Å². The van der Waals surface area contributed by atoms with Gasteiger partial charge < -0.3 is 19.0 Å². The Morgan fingerprint density at radius 1 is 0.692 bits per heavy atom. The van der Waals surface area contributed by atoms with Gasteiger partial charge >= 0.3 is 0 Å². The van der Waals surface area contributed by atoms with Crippen LogP contribution in [0.3, 0.4) is 0 Å². The summed E-state index contributed by atoms with van der Waals surface area (Å²) in [5.74, 6) is 1.73. The van der Waals surface area contributed by atoms with Gasteiger partial charge in [-0.1, -0.05) is 28.1 Å². The van der Waals surface area contributed by atoms with E-state index in [1.807, 2.05) is 109 Å². The molecule has 0 amide bonds. The average Bonchev–Trinajstić information content (AvgIpc) is 3.64. The largest absolute Gasteiger partial charge is 0.497 e. The van der Waals surface area contributed by atoms with Gasteiger partial charge in [0.15, 0.2) is 11.4 Å². The van der Waals surface area contributed by atoms with Crippen LogP contribution < -0.4 is 9.47 Å². The second-order valence-corrected chi connectivity index (χ2v) is 9.17. The van der Waals surface area contributed by atoms with Crippen molar-refractivity contribution >= 4 is 49.1 Å². The molecule has 0 bridgehead atoms. The maximum atomic E-state index is 7.04. The molecule has 2 aromatic heterocycles. The third-order valence-electron chi connectivity index (χ3n) is 5.87. The van der Waals surface area contributed by atoms with Crippen molar-refractivity contribution in [1.82, 2.24) is 9.55 Å². The van der Waals surface area contributed by atoms with Crippen LogP contribution in [-0.4, -0.2) is 23.8 Å². The van der Waals surface area contributed by atoms with E-state index in [0.29, 0.717) is 11.4 Å².